The van der Waals surface area contributed by atoms with Crippen molar-refractivity contribution < 1.29 is 27.9 Å². The highest BCUT2D eigenvalue weighted by Gasteiger charge is 2.20. The third kappa shape index (κ3) is 5.97. The van der Waals surface area contributed by atoms with E-state index in [9.17, 15) is 18.0 Å². The lowest BCUT2D eigenvalue weighted by atomic mass is 10.2. The topological polar surface area (TPSA) is 122 Å². The summed E-state index contributed by atoms with van der Waals surface area (Å²) < 4.78 is 30.7. The molecule has 0 saturated heterocycles. The van der Waals surface area contributed by atoms with Crippen molar-refractivity contribution in [2.24, 2.45) is 0 Å². The molecule has 23 heavy (non-hydrogen) atoms. The Labute approximate surface area is 134 Å². The third-order valence-electron chi connectivity index (χ3n) is 2.98. The number of ether oxygens (including phenoxy) is 1. The maximum atomic E-state index is 12.0. The molecule has 1 atom stereocenters. The van der Waals surface area contributed by atoms with Gasteiger partial charge < -0.3 is 15.2 Å². The number of carbonyl (C=O) groups excluding carboxylic acids is 2. The summed E-state index contributed by atoms with van der Waals surface area (Å²) in [5.74, 6) is -1.36. The quantitative estimate of drug-likeness (QED) is 0.537. The van der Waals surface area contributed by atoms with Gasteiger partial charge in [0.25, 0.3) is 0 Å². The van der Waals surface area contributed by atoms with Gasteiger partial charge in [-0.1, -0.05) is 17.7 Å². The Balaban J connectivity index is 2.51. The number of methoxy groups -OCH3 is 1. The monoisotopic (exact) mass is 344 g/mol. The number of rotatable bonds is 8. The summed E-state index contributed by atoms with van der Waals surface area (Å²) in [6.45, 7) is 1.10. The Bertz CT molecular complexity index is 642. The van der Waals surface area contributed by atoms with E-state index in [2.05, 4.69) is 14.8 Å². The first-order valence-corrected chi connectivity index (χ1v) is 8.33. The highest BCUT2D eigenvalue weighted by atomic mass is 32.2. The van der Waals surface area contributed by atoms with Crippen molar-refractivity contribution in [1.82, 2.24) is 10.0 Å². The number of hydrogen-bond donors (Lipinski definition) is 3. The summed E-state index contributed by atoms with van der Waals surface area (Å²) in [6.07, 6.45) is -0.182. The van der Waals surface area contributed by atoms with E-state index in [1.54, 1.807) is 12.1 Å². The van der Waals surface area contributed by atoms with E-state index in [1.807, 2.05) is 6.92 Å². The molecule has 0 aliphatic rings. The van der Waals surface area contributed by atoms with Gasteiger partial charge in [0, 0.05) is 13.0 Å². The van der Waals surface area contributed by atoms with Gasteiger partial charge in [0.05, 0.1) is 18.6 Å². The molecule has 8 nitrogen and oxygen atoms in total. The standard InChI is InChI=1S/C14H20N2O6S/c1-10-3-5-11(6-4-10)23(20,21)15-8-7-13(18)16-12(9-17)14(19)22-2/h3-6,12,15,17H,7-9H2,1-2H3,(H,16,18)/t12-/m1/s1. The SMILES string of the molecule is COC(=O)[C@@H](CO)NC(=O)CCNS(=O)(=O)c1ccc(C)cc1. The van der Waals surface area contributed by atoms with Crippen LogP contribution in [0.1, 0.15) is 12.0 Å². The van der Waals surface area contributed by atoms with E-state index in [1.165, 1.54) is 12.1 Å². The smallest absolute Gasteiger partial charge is 0.330 e. The molecule has 1 rings (SSSR count). The fraction of sp³-hybridized carbons (Fsp3) is 0.429. The van der Waals surface area contributed by atoms with Gasteiger partial charge in [-0.15, -0.1) is 0 Å². The zero-order valence-electron chi connectivity index (χ0n) is 12.9. The van der Waals surface area contributed by atoms with Gasteiger partial charge in [0.1, 0.15) is 0 Å². The van der Waals surface area contributed by atoms with Gasteiger partial charge in [0.2, 0.25) is 15.9 Å². The van der Waals surface area contributed by atoms with Crippen LogP contribution in [-0.2, 0) is 24.3 Å². The van der Waals surface area contributed by atoms with Crippen LogP contribution in [0, 0.1) is 6.92 Å². The zero-order valence-corrected chi connectivity index (χ0v) is 13.7. The van der Waals surface area contributed by atoms with Crippen LogP contribution in [0.2, 0.25) is 0 Å². The van der Waals surface area contributed by atoms with Crippen LogP contribution in [-0.4, -0.2) is 51.7 Å². The van der Waals surface area contributed by atoms with Crippen molar-refractivity contribution in [2.75, 3.05) is 20.3 Å². The Kier molecular flexibility index (Phi) is 7.14. The van der Waals surface area contributed by atoms with Crippen molar-refractivity contribution in [3.05, 3.63) is 29.8 Å². The van der Waals surface area contributed by atoms with Crippen LogP contribution in [0.3, 0.4) is 0 Å². The maximum absolute atomic E-state index is 12.0. The minimum Gasteiger partial charge on any atom is -0.467 e. The molecule has 1 aromatic rings. The number of benzene rings is 1. The number of esters is 1. The van der Waals surface area contributed by atoms with E-state index in [0.717, 1.165) is 12.7 Å². The number of aliphatic hydroxyl groups is 1. The molecule has 1 amide bonds. The minimum atomic E-state index is -3.70. The number of nitrogens with one attached hydrogen (secondary N) is 2. The normalized spacial score (nSPS) is 12.5. The van der Waals surface area contributed by atoms with Crippen LogP contribution in [0.15, 0.2) is 29.2 Å². The molecular weight excluding hydrogens is 324 g/mol. The molecule has 0 unspecified atom stereocenters. The van der Waals surface area contributed by atoms with Crippen LogP contribution >= 0.6 is 0 Å². The minimum absolute atomic E-state index is 0.103. The molecule has 0 fully saturated rings. The summed E-state index contributed by atoms with van der Waals surface area (Å²) in [6, 6.07) is 5.11. The number of hydrogen-bond acceptors (Lipinski definition) is 6. The first-order valence-electron chi connectivity index (χ1n) is 6.84. The molecule has 0 saturated carbocycles. The Morgan fingerprint density at radius 2 is 1.87 bits per heavy atom. The summed E-state index contributed by atoms with van der Waals surface area (Å²) in [4.78, 5) is 23.0. The van der Waals surface area contributed by atoms with Crippen LogP contribution in [0.5, 0.6) is 0 Å². The number of aryl methyl sites for hydroxylation is 1. The third-order valence-corrected chi connectivity index (χ3v) is 4.46. The van der Waals surface area contributed by atoms with Crippen LogP contribution in [0.25, 0.3) is 0 Å². The summed E-state index contributed by atoms with van der Waals surface area (Å²) in [7, 11) is -2.57. The molecule has 9 heteroatoms. The number of amides is 1. The van der Waals surface area contributed by atoms with Crippen molar-refractivity contribution >= 4 is 21.9 Å². The van der Waals surface area contributed by atoms with Crippen molar-refractivity contribution in [1.29, 1.82) is 0 Å². The second-order valence-corrected chi connectivity index (χ2v) is 6.55. The van der Waals surface area contributed by atoms with Gasteiger partial charge >= 0.3 is 5.97 Å². The van der Waals surface area contributed by atoms with Crippen molar-refractivity contribution in [3.8, 4) is 0 Å². The van der Waals surface area contributed by atoms with Crippen molar-refractivity contribution in [2.45, 2.75) is 24.3 Å². The lowest BCUT2D eigenvalue weighted by Gasteiger charge is -2.14. The van der Waals surface area contributed by atoms with Crippen LogP contribution in [0.4, 0.5) is 0 Å². The second kappa shape index (κ2) is 8.61. The molecule has 0 bridgehead atoms. The molecule has 0 aliphatic carbocycles. The average molecular weight is 344 g/mol. The number of aliphatic hydroxyl groups excluding tert-OH is 1. The van der Waals surface area contributed by atoms with Gasteiger partial charge in [-0.05, 0) is 19.1 Å². The Hall–Kier alpha value is -1.97. The molecule has 128 valence electrons. The summed E-state index contributed by atoms with van der Waals surface area (Å²) >= 11 is 0. The summed E-state index contributed by atoms with van der Waals surface area (Å²) in [5.41, 5.74) is 0.932. The van der Waals surface area contributed by atoms with Gasteiger partial charge in [-0.25, -0.2) is 17.9 Å². The van der Waals surface area contributed by atoms with Crippen molar-refractivity contribution in [3.63, 3.8) is 0 Å². The van der Waals surface area contributed by atoms with E-state index < -0.39 is 34.5 Å². The highest BCUT2D eigenvalue weighted by molar-refractivity contribution is 7.89. The molecular formula is C14H20N2O6S. The maximum Gasteiger partial charge on any atom is 0.330 e. The molecule has 0 aromatic heterocycles. The highest BCUT2D eigenvalue weighted by Crippen LogP contribution is 2.09. The Morgan fingerprint density at radius 1 is 1.26 bits per heavy atom. The molecule has 0 radical (unpaired) electrons. The van der Waals surface area contributed by atoms with E-state index in [0.29, 0.717) is 0 Å². The zero-order chi connectivity index (χ0) is 17.5. The summed E-state index contributed by atoms with van der Waals surface area (Å²) in [5, 5.41) is 11.2. The molecule has 0 spiro atoms. The fourth-order valence-electron chi connectivity index (χ4n) is 1.69. The van der Waals surface area contributed by atoms with Crippen LogP contribution < -0.4 is 10.0 Å². The first kappa shape index (κ1) is 19.1. The number of sulfonamides is 1. The van der Waals surface area contributed by atoms with Gasteiger partial charge in [-0.3, -0.25) is 4.79 Å². The lowest BCUT2D eigenvalue weighted by molar-refractivity contribution is -0.146. The predicted molar refractivity (Wildman–Crippen MR) is 82.0 cm³/mol. The fourth-order valence-corrected chi connectivity index (χ4v) is 2.72. The molecule has 1 aromatic carbocycles. The largest absolute Gasteiger partial charge is 0.467 e. The molecule has 0 aliphatic heterocycles. The first-order chi connectivity index (χ1) is 10.8. The second-order valence-electron chi connectivity index (χ2n) is 4.79. The Morgan fingerprint density at radius 3 is 2.39 bits per heavy atom. The predicted octanol–water partition coefficient (Wildman–Crippen LogP) is -0.686. The van der Waals surface area contributed by atoms with E-state index in [4.69, 9.17) is 5.11 Å². The van der Waals surface area contributed by atoms with Gasteiger partial charge in [-0.2, -0.15) is 0 Å². The van der Waals surface area contributed by atoms with E-state index >= 15 is 0 Å². The van der Waals surface area contributed by atoms with E-state index in [-0.39, 0.29) is 17.9 Å². The van der Waals surface area contributed by atoms with Gasteiger partial charge in [0.15, 0.2) is 6.04 Å². The average Bonchev–Trinajstić information content (AvgIpc) is 2.52. The molecule has 3 N–H and O–H groups in total. The molecule has 0 heterocycles. The number of carbonyl (C=O) groups is 2. The lowest BCUT2D eigenvalue weighted by Crippen LogP contribution is -2.44.